The summed E-state index contributed by atoms with van der Waals surface area (Å²) in [5.74, 6) is -1.09. The quantitative estimate of drug-likeness (QED) is 0.756. The number of aliphatic carboxylic acids is 1. The molecule has 0 radical (unpaired) electrons. The SMILES string of the molecule is CCN(C=O)C(C)(C(=O)O)c1ccc(O)c(OC)c1. The Morgan fingerprint density at radius 2 is 2.16 bits per heavy atom. The summed E-state index contributed by atoms with van der Waals surface area (Å²) in [5.41, 5.74) is -1.17. The fraction of sp³-hybridized carbons (Fsp3) is 0.385. The molecule has 104 valence electrons. The van der Waals surface area contributed by atoms with Gasteiger partial charge in [-0.15, -0.1) is 0 Å². The number of carbonyl (C=O) groups is 2. The molecule has 0 saturated heterocycles. The van der Waals surface area contributed by atoms with Gasteiger partial charge in [-0.1, -0.05) is 6.07 Å². The third kappa shape index (κ3) is 2.47. The smallest absolute Gasteiger partial charge is 0.334 e. The Kier molecular flexibility index (Phi) is 4.37. The van der Waals surface area contributed by atoms with E-state index in [2.05, 4.69) is 0 Å². The predicted molar refractivity (Wildman–Crippen MR) is 68.1 cm³/mol. The van der Waals surface area contributed by atoms with Gasteiger partial charge in [0.25, 0.3) is 0 Å². The van der Waals surface area contributed by atoms with Crippen molar-refractivity contribution in [1.29, 1.82) is 0 Å². The molecule has 6 heteroatoms. The molecule has 0 aliphatic rings. The zero-order chi connectivity index (χ0) is 14.6. The Morgan fingerprint density at radius 3 is 2.58 bits per heavy atom. The molecule has 1 unspecified atom stereocenters. The molecule has 6 nitrogen and oxygen atoms in total. The number of ether oxygens (including phenoxy) is 1. The summed E-state index contributed by atoms with van der Waals surface area (Å²) in [4.78, 5) is 23.8. The highest BCUT2D eigenvalue weighted by atomic mass is 16.5. The van der Waals surface area contributed by atoms with Crippen LogP contribution in [0.3, 0.4) is 0 Å². The van der Waals surface area contributed by atoms with Crippen LogP contribution in [0.25, 0.3) is 0 Å². The maximum Gasteiger partial charge on any atom is 0.334 e. The van der Waals surface area contributed by atoms with Crippen LogP contribution >= 0.6 is 0 Å². The molecule has 0 aliphatic heterocycles. The van der Waals surface area contributed by atoms with Gasteiger partial charge in [0.15, 0.2) is 17.0 Å². The summed E-state index contributed by atoms with van der Waals surface area (Å²) in [6, 6.07) is 4.21. The second-order valence-corrected chi connectivity index (χ2v) is 4.16. The number of methoxy groups -OCH3 is 1. The van der Waals surface area contributed by atoms with Gasteiger partial charge in [-0.2, -0.15) is 0 Å². The van der Waals surface area contributed by atoms with Gasteiger partial charge in [0.2, 0.25) is 6.41 Å². The third-order valence-corrected chi connectivity index (χ3v) is 3.20. The molecule has 0 aromatic heterocycles. The molecule has 1 amide bonds. The van der Waals surface area contributed by atoms with Crippen molar-refractivity contribution in [3.8, 4) is 11.5 Å². The van der Waals surface area contributed by atoms with E-state index < -0.39 is 11.5 Å². The highest BCUT2D eigenvalue weighted by molar-refractivity contribution is 5.83. The molecule has 0 spiro atoms. The molecular weight excluding hydrogens is 250 g/mol. The summed E-state index contributed by atoms with van der Waals surface area (Å²) < 4.78 is 4.96. The van der Waals surface area contributed by atoms with Crippen molar-refractivity contribution in [1.82, 2.24) is 4.90 Å². The van der Waals surface area contributed by atoms with Gasteiger partial charge in [0.1, 0.15) is 0 Å². The fourth-order valence-electron chi connectivity index (χ4n) is 1.89. The topological polar surface area (TPSA) is 87.1 Å². The van der Waals surface area contributed by atoms with Crippen LogP contribution in [-0.2, 0) is 15.1 Å². The standard InChI is InChI=1S/C13H17NO5/c1-4-14(8-15)13(2,12(17)18)9-5-6-10(16)11(7-9)19-3/h5-8,16H,4H2,1-3H3,(H,17,18). The Morgan fingerprint density at radius 1 is 1.53 bits per heavy atom. The van der Waals surface area contributed by atoms with Crippen LogP contribution in [0.1, 0.15) is 19.4 Å². The van der Waals surface area contributed by atoms with E-state index in [0.29, 0.717) is 12.0 Å². The van der Waals surface area contributed by atoms with Crippen LogP contribution in [0.4, 0.5) is 0 Å². The van der Waals surface area contributed by atoms with E-state index in [1.54, 1.807) is 6.92 Å². The number of phenols is 1. The lowest BCUT2D eigenvalue weighted by molar-refractivity contribution is -0.154. The summed E-state index contributed by atoms with van der Waals surface area (Å²) in [7, 11) is 1.37. The van der Waals surface area contributed by atoms with Crippen LogP contribution < -0.4 is 4.74 Å². The van der Waals surface area contributed by atoms with Gasteiger partial charge < -0.3 is 19.8 Å². The summed E-state index contributed by atoms with van der Waals surface area (Å²) in [6.07, 6.45) is 0.494. The second-order valence-electron chi connectivity index (χ2n) is 4.16. The van der Waals surface area contributed by atoms with Crippen molar-refractivity contribution in [3.05, 3.63) is 23.8 Å². The molecule has 1 rings (SSSR count). The van der Waals surface area contributed by atoms with Gasteiger partial charge in [0.05, 0.1) is 7.11 Å². The number of benzene rings is 1. The average Bonchev–Trinajstić information content (AvgIpc) is 2.40. The molecule has 0 heterocycles. The predicted octanol–water partition coefficient (Wildman–Crippen LogP) is 1.18. The number of likely N-dealkylation sites (N-methyl/N-ethyl adjacent to an activating group) is 1. The molecule has 1 aromatic carbocycles. The number of rotatable bonds is 6. The highest BCUT2D eigenvalue weighted by Crippen LogP contribution is 2.34. The summed E-state index contributed by atoms with van der Waals surface area (Å²) in [6.45, 7) is 3.36. The average molecular weight is 267 g/mol. The maximum atomic E-state index is 11.6. The van der Waals surface area contributed by atoms with Crippen molar-refractivity contribution in [3.63, 3.8) is 0 Å². The largest absolute Gasteiger partial charge is 0.504 e. The lowest BCUT2D eigenvalue weighted by Gasteiger charge is -2.35. The normalized spacial score (nSPS) is 13.4. The number of carbonyl (C=O) groups excluding carboxylic acids is 1. The van der Waals surface area contributed by atoms with E-state index in [1.165, 1.54) is 37.1 Å². The van der Waals surface area contributed by atoms with E-state index in [4.69, 9.17) is 4.74 Å². The van der Waals surface area contributed by atoms with Gasteiger partial charge >= 0.3 is 5.97 Å². The van der Waals surface area contributed by atoms with Gasteiger partial charge in [-0.25, -0.2) is 4.79 Å². The van der Waals surface area contributed by atoms with Crippen LogP contribution in [0, 0.1) is 0 Å². The molecular formula is C13H17NO5. The second kappa shape index (κ2) is 5.60. The van der Waals surface area contributed by atoms with Crippen LogP contribution in [0.2, 0.25) is 0 Å². The molecule has 1 aromatic rings. The minimum Gasteiger partial charge on any atom is -0.504 e. The number of hydrogen-bond donors (Lipinski definition) is 2. The zero-order valence-corrected chi connectivity index (χ0v) is 11.1. The van der Waals surface area contributed by atoms with E-state index in [9.17, 15) is 19.8 Å². The highest BCUT2D eigenvalue weighted by Gasteiger charge is 2.40. The number of carboxylic acid groups (broad SMARTS) is 1. The van der Waals surface area contributed by atoms with Gasteiger partial charge in [-0.3, -0.25) is 4.79 Å². The van der Waals surface area contributed by atoms with Crippen LogP contribution in [0.15, 0.2) is 18.2 Å². The first kappa shape index (κ1) is 14.8. The summed E-state index contributed by atoms with van der Waals surface area (Å²) in [5, 5.41) is 19.0. The lowest BCUT2D eigenvalue weighted by Crippen LogP contribution is -2.49. The van der Waals surface area contributed by atoms with E-state index in [-0.39, 0.29) is 18.0 Å². The Bertz CT molecular complexity index is 488. The van der Waals surface area contributed by atoms with Crippen molar-refractivity contribution >= 4 is 12.4 Å². The number of phenolic OH excluding ortho intramolecular Hbond substituents is 1. The Labute approximate surface area is 111 Å². The van der Waals surface area contributed by atoms with Gasteiger partial charge in [0, 0.05) is 6.54 Å². The number of hydrogen-bond acceptors (Lipinski definition) is 4. The van der Waals surface area contributed by atoms with Crippen molar-refractivity contribution in [2.75, 3.05) is 13.7 Å². The molecule has 0 saturated carbocycles. The lowest BCUT2D eigenvalue weighted by atomic mass is 9.90. The van der Waals surface area contributed by atoms with Crippen molar-refractivity contribution < 1.29 is 24.5 Å². The minimum atomic E-state index is -1.52. The molecule has 1 atom stereocenters. The van der Waals surface area contributed by atoms with E-state index in [0.717, 1.165) is 0 Å². The number of aromatic hydroxyl groups is 1. The number of nitrogens with zero attached hydrogens (tertiary/aromatic N) is 1. The van der Waals surface area contributed by atoms with Crippen LogP contribution in [-0.4, -0.2) is 41.1 Å². The van der Waals surface area contributed by atoms with Gasteiger partial charge in [-0.05, 0) is 31.5 Å². The fourth-order valence-corrected chi connectivity index (χ4v) is 1.89. The molecule has 0 bridgehead atoms. The molecule has 0 aliphatic carbocycles. The minimum absolute atomic E-state index is 0.0897. The van der Waals surface area contributed by atoms with Crippen molar-refractivity contribution in [2.24, 2.45) is 0 Å². The molecule has 0 fully saturated rings. The molecule has 2 N–H and O–H groups in total. The summed E-state index contributed by atoms with van der Waals surface area (Å²) >= 11 is 0. The number of carboxylic acids is 1. The first-order valence-corrected chi connectivity index (χ1v) is 5.74. The third-order valence-electron chi connectivity index (χ3n) is 3.20. The van der Waals surface area contributed by atoms with E-state index in [1.807, 2.05) is 0 Å². The number of amides is 1. The first-order chi connectivity index (χ1) is 8.91. The molecule has 19 heavy (non-hydrogen) atoms. The monoisotopic (exact) mass is 267 g/mol. The Hall–Kier alpha value is -2.24. The van der Waals surface area contributed by atoms with Crippen LogP contribution in [0.5, 0.6) is 11.5 Å². The zero-order valence-electron chi connectivity index (χ0n) is 11.1. The Balaban J connectivity index is 3.42. The first-order valence-electron chi connectivity index (χ1n) is 5.74. The maximum absolute atomic E-state index is 11.6. The van der Waals surface area contributed by atoms with E-state index >= 15 is 0 Å². The van der Waals surface area contributed by atoms with Crippen molar-refractivity contribution in [2.45, 2.75) is 19.4 Å².